The second-order valence-electron chi connectivity index (χ2n) is 6.69. The SMILES string of the molecule is Cc1ccc2oc(=O)cc(C3=CC4=C(O)c5ccccc5OC4OC3=O)c2c1. The van der Waals surface area contributed by atoms with E-state index in [0.29, 0.717) is 33.4 Å². The molecular formula is C22H14O6. The summed E-state index contributed by atoms with van der Waals surface area (Å²) >= 11 is 0. The normalized spacial score (nSPS) is 18.1. The maximum Gasteiger partial charge on any atom is 0.342 e. The number of aliphatic hydroxyl groups is 1. The first kappa shape index (κ1) is 16.4. The summed E-state index contributed by atoms with van der Waals surface area (Å²) in [5, 5.41) is 11.3. The largest absolute Gasteiger partial charge is 0.507 e. The van der Waals surface area contributed by atoms with E-state index in [1.807, 2.05) is 19.1 Å². The summed E-state index contributed by atoms with van der Waals surface area (Å²) in [5.74, 6) is -0.241. The maximum atomic E-state index is 12.7. The van der Waals surface area contributed by atoms with Crippen molar-refractivity contribution in [2.24, 2.45) is 0 Å². The van der Waals surface area contributed by atoms with E-state index in [1.165, 1.54) is 12.1 Å². The van der Waals surface area contributed by atoms with Gasteiger partial charge in [0, 0.05) is 17.0 Å². The van der Waals surface area contributed by atoms with Crippen molar-refractivity contribution >= 4 is 28.3 Å². The van der Waals surface area contributed by atoms with Gasteiger partial charge in [0.15, 0.2) is 0 Å². The molecule has 0 spiro atoms. The van der Waals surface area contributed by atoms with E-state index in [1.54, 1.807) is 30.3 Å². The van der Waals surface area contributed by atoms with Crippen molar-refractivity contribution in [2.45, 2.75) is 13.2 Å². The standard InChI is InChI=1S/C22H14O6/c1-11-6-7-18-14(8-11)13(10-19(23)26-18)15-9-16-20(24)12-4-2-3-5-17(12)27-22(16)28-21(15)25/h2-10,22,24H,1H3. The van der Waals surface area contributed by atoms with E-state index < -0.39 is 17.9 Å². The van der Waals surface area contributed by atoms with Gasteiger partial charge in [-0.05, 0) is 37.3 Å². The number of carbonyl (C=O) groups excluding carboxylic acids is 1. The van der Waals surface area contributed by atoms with Gasteiger partial charge in [0.25, 0.3) is 6.29 Å². The molecule has 6 nitrogen and oxygen atoms in total. The van der Waals surface area contributed by atoms with Gasteiger partial charge in [-0.15, -0.1) is 0 Å². The molecule has 0 aliphatic carbocycles. The Kier molecular flexibility index (Phi) is 3.42. The second-order valence-corrected chi connectivity index (χ2v) is 6.69. The molecule has 28 heavy (non-hydrogen) atoms. The highest BCUT2D eigenvalue weighted by molar-refractivity contribution is 6.21. The number of para-hydroxylation sites is 1. The summed E-state index contributed by atoms with van der Waals surface area (Å²) in [7, 11) is 0. The van der Waals surface area contributed by atoms with Gasteiger partial charge in [-0.3, -0.25) is 0 Å². The maximum absolute atomic E-state index is 12.7. The van der Waals surface area contributed by atoms with Crippen LogP contribution < -0.4 is 10.4 Å². The molecule has 3 heterocycles. The Bertz CT molecular complexity index is 1280. The molecule has 6 heteroatoms. The molecule has 0 amide bonds. The summed E-state index contributed by atoms with van der Waals surface area (Å²) in [6.45, 7) is 1.90. The van der Waals surface area contributed by atoms with E-state index in [-0.39, 0.29) is 11.3 Å². The highest BCUT2D eigenvalue weighted by atomic mass is 16.7. The molecule has 0 bridgehead atoms. The lowest BCUT2D eigenvalue weighted by molar-refractivity contribution is -0.152. The zero-order valence-electron chi connectivity index (χ0n) is 14.8. The lowest BCUT2D eigenvalue weighted by atomic mass is 9.94. The van der Waals surface area contributed by atoms with Gasteiger partial charge in [-0.25, -0.2) is 9.59 Å². The van der Waals surface area contributed by atoms with Crippen molar-refractivity contribution in [1.82, 2.24) is 0 Å². The number of rotatable bonds is 1. The average Bonchev–Trinajstić information content (AvgIpc) is 2.68. The molecule has 0 saturated heterocycles. The van der Waals surface area contributed by atoms with E-state index >= 15 is 0 Å². The number of hydrogen-bond acceptors (Lipinski definition) is 6. The topological polar surface area (TPSA) is 86.0 Å². The molecule has 0 fully saturated rings. The van der Waals surface area contributed by atoms with Crippen molar-refractivity contribution < 1.29 is 23.8 Å². The zero-order valence-corrected chi connectivity index (χ0v) is 14.8. The molecule has 0 saturated carbocycles. The minimum absolute atomic E-state index is 0.0275. The van der Waals surface area contributed by atoms with Gasteiger partial charge in [0.1, 0.15) is 17.1 Å². The third kappa shape index (κ3) is 2.42. The highest BCUT2D eigenvalue weighted by Gasteiger charge is 2.36. The van der Waals surface area contributed by atoms with E-state index in [9.17, 15) is 14.7 Å². The number of esters is 1. The summed E-state index contributed by atoms with van der Waals surface area (Å²) in [5.41, 5.74) is 2.11. The predicted octanol–water partition coefficient (Wildman–Crippen LogP) is 3.73. The van der Waals surface area contributed by atoms with Crippen LogP contribution in [0, 0.1) is 6.92 Å². The molecule has 1 N–H and O–H groups in total. The van der Waals surface area contributed by atoms with Gasteiger partial charge in [0.2, 0.25) is 0 Å². The number of fused-ring (bicyclic) bond motifs is 3. The molecule has 1 atom stereocenters. The van der Waals surface area contributed by atoms with Crippen molar-refractivity contribution in [3.63, 3.8) is 0 Å². The third-order valence-corrected chi connectivity index (χ3v) is 4.83. The minimum Gasteiger partial charge on any atom is -0.507 e. The van der Waals surface area contributed by atoms with E-state index in [0.717, 1.165) is 5.56 Å². The Balaban J connectivity index is 1.76. The fourth-order valence-corrected chi connectivity index (χ4v) is 3.50. The average molecular weight is 374 g/mol. The molecule has 3 aromatic rings. The number of carbonyl (C=O) groups is 1. The first-order valence-corrected chi connectivity index (χ1v) is 8.68. The van der Waals surface area contributed by atoms with Crippen LogP contribution in [0.2, 0.25) is 0 Å². The fraction of sp³-hybridized carbons (Fsp3) is 0.0909. The van der Waals surface area contributed by atoms with E-state index in [2.05, 4.69) is 0 Å². The number of benzene rings is 2. The van der Waals surface area contributed by atoms with Gasteiger partial charge >= 0.3 is 11.6 Å². The molecule has 5 rings (SSSR count). The summed E-state index contributed by atoms with van der Waals surface area (Å²) in [4.78, 5) is 24.7. The first-order valence-electron chi connectivity index (χ1n) is 8.68. The zero-order chi connectivity index (χ0) is 19.4. The van der Waals surface area contributed by atoms with Crippen LogP contribution in [-0.4, -0.2) is 17.4 Å². The quantitative estimate of drug-likeness (QED) is 0.516. The van der Waals surface area contributed by atoms with Crippen LogP contribution in [0.3, 0.4) is 0 Å². The van der Waals surface area contributed by atoms with Crippen molar-refractivity contribution in [3.05, 3.63) is 87.3 Å². The molecule has 2 aliphatic rings. The number of hydrogen-bond donors (Lipinski definition) is 1. The molecule has 2 aromatic carbocycles. The third-order valence-electron chi connectivity index (χ3n) is 4.83. The summed E-state index contributed by atoms with van der Waals surface area (Å²) < 4.78 is 16.4. The van der Waals surface area contributed by atoms with Crippen LogP contribution in [0.4, 0.5) is 0 Å². The lowest BCUT2D eigenvalue weighted by Crippen LogP contribution is -2.33. The lowest BCUT2D eigenvalue weighted by Gasteiger charge is -2.30. The van der Waals surface area contributed by atoms with Crippen LogP contribution in [0.1, 0.15) is 16.7 Å². The molecule has 138 valence electrons. The fourth-order valence-electron chi connectivity index (χ4n) is 3.50. The Morgan fingerprint density at radius 3 is 2.64 bits per heavy atom. The molecule has 2 aliphatic heterocycles. The molecular weight excluding hydrogens is 360 g/mol. The minimum atomic E-state index is -1.04. The van der Waals surface area contributed by atoms with Crippen molar-refractivity contribution in [3.8, 4) is 5.75 Å². The Morgan fingerprint density at radius 2 is 1.79 bits per heavy atom. The van der Waals surface area contributed by atoms with Gasteiger partial charge < -0.3 is 19.0 Å². The summed E-state index contributed by atoms with van der Waals surface area (Å²) in [6.07, 6.45) is 0.470. The van der Waals surface area contributed by atoms with E-state index in [4.69, 9.17) is 13.9 Å². The number of aliphatic hydroxyl groups excluding tert-OH is 1. The van der Waals surface area contributed by atoms with Gasteiger partial charge in [0.05, 0.1) is 16.7 Å². The second kappa shape index (κ2) is 5.85. The Hall–Kier alpha value is -3.80. The highest BCUT2D eigenvalue weighted by Crippen LogP contribution is 2.40. The molecule has 1 aromatic heterocycles. The van der Waals surface area contributed by atoms with Crippen LogP contribution in [0.15, 0.2) is 69.4 Å². The predicted molar refractivity (Wildman–Crippen MR) is 102 cm³/mol. The molecule has 0 radical (unpaired) electrons. The smallest absolute Gasteiger partial charge is 0.342 e. The first-order chi connectivity index (χ1) is 13.5. The van der Waals surface area contributed by atoms with Gasteiger partial charge in [-0.2, -0.15) is 0 Å². The van der Waals surface area contributed by atoms with Crippen LogP contribution in [0.25, 0.3) is 22.3 Å². The summed E-state index contributed by atoms with van der Waals surface area (Å²) in [6, 6.07) is 13.5. The Morgan fingerprint density at radius 1 is 0.964 bits per heavy atom. The van der Waals surface area contributed by atoms with Crippen LogP contribution >= 0.6 is 0 Å². The molecule has 1 unspecified atom stereocenters. The van der Waals surface area contributed by atoms with Crippen molar-refractivity contribution in [2.75, 3.05) is 0 Å². The Labute approximate surface area is 158 Å². The van der Waals surface area contributed by atoms with Crippen LogP contribution in [-0.2, 0) is 9.53 Å². The number of aryl methyl sites for hydroxylation is 1. The number of ether oxygens (including phenoxy) is 2. The van der Waals surface area contributed by atoms with Gasteiger partial charge in [-0.1, -0.05) is 23.8 Å². The van der Waals surface area contributed by atoms with Crippen molar-refractivity contribution in [1.29, 1.82) is 0 Å². The van der Waals surface area contributed by atoms with Crippen LogP contribution in [0.5, 0.6) is 5.75 Å². The monoisotopic (exact) mass is 374 g/mol.